The highest BCUT2D eigenvalue weighted by atomic mass is 32.2. The van der Waals surface area contributed by atoms with Crippen LogP contribution in [0, 0.1) is 5.92 Å². The van der Waals surface area contributed by atoms with Gasteiger partial charge < -0.3 is 14.1 Å². The van der Waals surface area contributed by atoms with Crippen molar-refractivity contribution in [1.29, 1.82) is 0 Å². The maximum Gasteiger partial charge on any atom is 0.226 e. The van der Waals surface area contributed by atoms with Gasteiger partial charge in [-0.25, -0.2) is 12.7 Å². The molecule has 2 aliphatic rings. The summed E-state index contributed by atoms with van der Waals surface area (Å²) in [6.45, 7) is 2.62. The molecular weight excluding hydrogens is 344 g/mol. The van der Waals surface area contributed by atoms with Crippen LogP contribution < -0.4 is 0 Å². The molecule has 0 unspecified atom stereocenters. The van der Waals surface area contributed by atoms with Gasteiger partial charge in [0.05, 0.1) is 19.1 Å². The van der Waals surface area contributed by atoms with E-state index in [1.165, 1.54) is 10.6 Å². The normalized spacial score (nSPS) is 21.3. The van der Waals surface area contributed by atoms with Gasteiger partial charge in [-0.2, -0.15) is 0 Å². The number of sulfonamides is 1. The Kier molecular flexibility index (Phi) is 5.81. The number of carbonyl (C=O) groups is 1. The van der Waals surface area contributed by atoms with Crippen LogP contribution in [-0.2, 0) is 26.1 Å². The minimum atomic E-state index is -3.18. The van der Waals surface area contributed by atoms with Gasteiger partial charge in [-0.1, -0.05) is 0 Å². The smallest absolute Gasteiger partial charge is 0.226 e. The zero-order chi connectivity index (χ0) is 17.9. The number of piperidine rings is 1. The summed E-state index contributed by atoms with van der Waals surface area (Å²) in [6.07, 6.45) is 5.64. The molecule has 7 nitrogen and oxygen atoms in total. The summed E-state index contributed by atoms with van der Waals surface area (Å²) in [5.41, 5.74) is 0. The summed E-state index contributed by atoms with van der Waals surface area (Å²) in [5.74, 6) is 0.751. The van der Waals surface area contributed by atoms with Crippen molar-refractivity contribution >= 4 is 15.9 Å². The van der Waals surface area contributed by atoms with E-state index >= 15 is 0 Å². The second-order valence-electron chi connectivity index (χ2n) is 6.83. The van der Waals surface area contributed by atoms with E-state index in [0.717, 1.165) is 18.6 Å². The predicted molar refractivity (Wildman–Crippen MR) is 92.2 cm³/mol. The van der Waals surface area contributed by atoms with Gasteiger partial charge in [-0.3, -0.25) is 4.79 Å². The van der Waals surface area contributed by atoms with Gasteiger partial charge in [-0.15, -0.1) is 0 Å². The fraction of sp³-hybridized carbons (Fsp3) is 0.706. The Bertz CT molecular complexity index is 659. The van der Waals surface area contributed by atoms with E-state index in [1.807, 2.05) is 17.0 Å². The second kappa shape index (κ2) is 7.88. The number of amides is 1. The van der Waals surface area contributed by atoms with Crippen LogP contribution in [0.1, 0.15) is 31.4 Å². The molecule has 2 saturated heterocycles. The van der Waals surface area contributed by atoms with Crippen molar-refractivity contribution < 1.29 is 22.4 Å². The molecule has 0 radical (unpaired) electrons. The Balaban J connectivity index is 1.68. The molecular formula is C17H26N2O5S. The molecule has 0 N–H and O–H groups in total. The van der Waals surface area contributed by atoms with Crippen LogP contribution in [0.3, 0.4) is 0 Å². The molecule has 2 fully saturated rings. The standard InChI is InChI=1S/C17H26N2O5S/c1-25(21,22)18-8-4-14(5-9-18)17(20)19(13-16-3-2-10-24-16)15-6-11-23-12-7-15/h2-3,10,14-15H,4-9,11-13H2,1H3. The van der Waals surface area contributed by atoms with Crippen molar-refractivity contribution in [2.75, 3.05) is 32.6 Å². The molecule has 0 aliphatic carbocycles. The van der Waals surface area contributed by atoms with Crippen LogP contribution in [-0.4, -0.2) is 62.1 Å². The van der Waals surface area contributed by atoms with Gasteiger partial charge >= 0.3 is 0 Å². The van der Waals surface area contributed by atoms with Crippen molar-refractivity contribution in [2.45, 2.75) is 38.3 Å². The lowest BCUT2D eigenvalue weighted by molar-refractivity contribution is -0.142. The highest BCUT2D eigenvalue weighted by Gasteiger charge is 2.34. The van der Waals surface area contributed by atoms with Crippen LogP contribution in [0.25, 0.3) is 0 Å². The molecule has 0 aromatic carbocycles. The quantitative estimate of drug-likeness (QED) is 0.784. The number of nitrogens with zero attached hydrogens (tertiary/aromatic N) is 2. The molecule has 140 valence electrons. The molecule has 0 bridgehead atoms. The van der Waals surface area contributed by atoms with E-state index in [9.17, 15) is 13.2 Å². The van der Waals surface area contributed by atoms with E-state index in [2.05, 4.69) is 0 Å². The van der Waals surface area contributed by atoms with Crippen molar-refractivity contribution in [2.24, 2.45) is 5.92 Å². The van der Waals surface area contributed by atoms with E-state index in [1.54, 1.807) is 6.26 Å². The number of furan rings is 1. The van der Waals surface area contributed by atoms with E-state index < -0.39 is 10.0 Å². The zero-order valence-electron chi connectivity index (χ0n) is 14.6. The zero-order valence-corrected chi connectivity index (χ0v) is 15.4. The summed E-state index contributed by atoms with van der Waals surface area (Å²) in [7, 11) is -3.18. The molecule has 0 saturated carbocycles. The van der Waals surface area contributed by atoms with Crippen molar-refractivity contribution in [3.8, 4) is 0 Å². The Labute approximate surface area is 149 Å². The SMILES string of the molecule is CS(=O)(=O)N1CCC(C(=O)N(Cc2ccco2)C2CCOCC2)CC1. The van der Waals surface area contributed by atoms with Gasteiger partial charge in [0, 0.05) is 38.3 Å². The molecule has 3 heterocycles. The highest BCUT2D eigenvalue weighted by Crippen LogP contribution is 2.26. The number of rotatable bonds is 5. The first-order valence-corrected chi connectivity index (χ1v) is 10.7. The largest absolute Gasteiger partial charge is 0.467 e. The molecule has 3 rings (SSSR count). The minimum Gasteiger partial charge on any atom is -0.467 e. The van der Waals surface area contributed by atoms with E-state index in [4.69, 9.17) is 9.15 Å². The molecule has 1 amide bonds. The van der Waals surface area contributed by atoms with Gasteiger partial charge in [0.1, 0.15) is 5.76 Å². The average molecular weight is 370 g/mol. The van der Waals surface area contributed by atoms with Gasteiger partial charge in [-0.05, 0) is 37.8 Å². The monoisotopic (exact) mass is 370 g/mol. The number of hydrogen-bond donors (Lipinski definition) is 0. The maximum absolute atomic E-state index is 13.2. The third-order valence-corrected chi connectivity index (χ3v) is 6.40. The Hall–Kier alpha value is -1.38. The first-order chi connectivity index (χ1) is 11.9. The van der Waals surface area contributed by atoms with Crippen molar-refractivity contribution in [3.05, 3.63) is 24.2 Å². The van der Waals surface area contributed by atoms with E-state index in [0.29, 0.717) is 45.7 Å². The molecule has 0 atom stereocenters. The van der Waals surface area contributed by atoms with Crippen LogP contribution >= 0.6 is 0 Å². The van der Waals surface area contributed by atoms with Crippen molar-refractivity contribution in [1.82, 2.24) is 9.21 Å². The van der Waals surface area contributed by atoms with Crippen LogP contribution in [0.15, 0.2) is 22.8 Å². The second-order valence-corrected chi connectivity index (χ2v) is 8.81. The summed E-state index contributed by atoms with van der Waals surface area (Å²) < 4.78 is 35.6. The number of ether oxygens (including phenoxy) is 1. The Morgan fingerprint density at radius 2 is 1.92 bits per heavy atom. The van der Waals surface area contributed by atoms with Gasteiger partial charge in [0.25, 0.3) is 0 Å². The first-order valence-electron chi connectivity index (χ1n) is 8.81. The molecule has 1 aromatic heterocycles. The fourth-order valence-corrected chi connectivity index (χ4v) is 4.50. The Morgan fingerprint density at radius 1 is 1.24 bits per heavy atom. The summed E-state index contributed by atoms with van der Waals surface area (Å²) in [4.78, 5) is 15.1. The third kappa shape index (κ3) is 4.62. The summed E-state index contributed by atoms with van der Waals surface area (Å²) in [6, 6.07) is 3.86. The molecule has 25 heavy (non-hydrogen) atoms. The summed E-state index contributed by atoms with van der Waals surface area (Å²) >= 11 is 0. The van der Waals surface area contributed by atoms with Crippen molar-refractivity contribution in [3.63, 3.8) is 0 Å². The highest BCUT2D eigenvalue weighted by molar-refractivity contribution is 7.88. The lowest BCUT2D eigenvalue weighted by Gasteiger charge is -2.38. The molecule has 2 aliphatic heterocycles. The van der Waals surface area contributed by atoms with Gasteiger partial charge in [0.15, 0.2) is 0 Å². The topological polar surface area (TPSA) is 80.1 Å². The average Bonchev–Trinajstić information content (AvgIpc) is 3.12. The number of hydrogen-bond acceptors (Lipinski definition) is 5. The fourth-order valence-electron chi connectivity index (χ4n) is 3.62. The van der Waals surface area contributed by atoms with Crippen LogP contribution in [0.5, 0.6) is 0 Å². The maximum atomic E-state index is 13.2. The number of carbonyl (C=O) groups excluding carboxylic acids is 1. The predicted octanol–water partition coefficient (Wildman–Crippen LogP) is 1.46. The van der Waals surface area contributed by atoms with E-state index in [-0.39, 0.29) is 17.9 Å². The Morgan fingerprint density at radius 3 is 2.48 bits per heavy atom. The molecule has 0 spiro atoms. The van der Waals surface area contributed by atoms with Gasteiger partial charge in [0.2, 0.25) is 15.9 Å². The lowest BCUT2D eigenvalue weighted by Crippen LogP contribution is -2.48. The summed E-state index contributed by atoms with van der Waals surface area (Å²) in [5, 5.41) is 0. The molecule has 8 heteroatoms. The van der Waals surface area contributed by atoms with Crippen LogP contribution in [0.4, 0.5) is 0 Å². The molecule has 1 aromatic rings. The first kappa shape index (κ1) is 18.4. The minimum absolute atomic E-state index is 0.108. The lowest BCUT2D eigenvalue weighted by atomic mass is 9.94. The van der Waals surface area contributed by atoms with Crippen LogP contribution in [0.2, 0.25) is 0 Å². The third-order valence-electron chi connectivity index (χ3n) is 5.09.